The van der Waals surface area contributed by atoms with Crippen molar-refractivity contribution in [2.45, 2.75) is 63.5 Å². The number of aliphatic hydroxyl groups is 2. The van der Waals surface area contributed by atoms with Crippen molar-refractivity contribution in [1.29, 1.82) is 0 Å². The van der Waals surface area contributed by atoms with Crippen LogP contribution in [-0.2, 0) is 28.6 Å². The number of fused-ring (bicyclic) bond motifs is 2. The number of carbonyl (C=O) groups is 1. The van der Waals surface area contributed by atoms with E-state index in [-0.39, 0.29) is 20.8 Å². The summed E-state index contributed by atoms with van der Waals surface area (Å²) in [6.07, 6.45) is 1.78. The molecular weight excluding hydrogens is 416 g/mol. The van der Waals surface area contributed by atoms with Crippen LogP contribution in [0.2, 0.25) is 0 Å². The Labute approximate surface area is 197 Å². The van der Waals surface area contributed by atoms with Gasteiger partial charge in [-0.1, -0.05) is 32.9 Å². The number of aromatic nitrogens is 1. The van der Waals surface area contributed by atoms with E-state index in [4.69, 9.17) is 4.74 Å². The van der Waals surface area contributed by atoms with E-state index in [9.17, 15) is 15.0 Å². The predicted octanol–water partition coefficient (Wildman–Crippen LogP) is 4.39. The molecule has 33 heavy (non-hydrogen) atoms. The first-order chi connectivity index (χ1) is 15.7. The van der Waals surface area contributed by atoms with Crippen LogP contribution in [0.15, 0.2) is 42.5 Å². The van der Waals surface area contributed by atoms with Gasteiger partial charge in [0, 0.05) is 37.0 Å². The molecule has 1 amide bonds. The maximum absolute atomic E-state index is 13.3. The lowest BCUT2D eigenvalue weighted by Gasteiger charge is -2.23. The van der Waals surface area contributed by atoms with Crippen molar-refractivity contribution in [3.8, 4) is 5.75 Å². The molecule has 1 aromatic heterocycles. The summed E-state index contributed by atoms with van der Waals surface area (Å²) in [6, 6.07) is 14.2. The van der Waals surface area contributed by atoms with Crippen LogP contribution in [0, 0.1) is 0 Å². The van der Waals surface area contributed by atoms with Crippen molar-refractivity contribution in [1.82, 2.24) is 4.57 Å². The fourth-order valence-electron chi connectivity index (χ4n) is 4.94. The third-order valence-electron chi connectivity index (χ3n) is 6.96. The number of amides is 1. The van der Waals surface area contributed by atoms with E-state index in [1.807, 2.05) is 30.3 Å². The van der Waals surface area contributed by atoms with Gasteiger partial charge in [0.05, 0.1) is 31.3 Å². The van der Waals surface area contributed by atoms with Crippen molar-refractivity contribution >= 4 is 22.5 Å². The molecule has 6 nitrogen and oxygen atoms in total. The summed E-state index contributed by atoms with van der Waals surface area (Å²) in [5.74, 6) is 0.970. The molecule has 1 atom stereocenters. The molecule has 2 heterocycles. The molecular formula is C27H36N2O4. The van der Waals surface area contributed by atoms with Crippen LogP contribution in [0.5, 0.6) is 5.75 Å². The highest BCUT2D eigenvalue weighted by atomic mass is 16.5. The Morgan fingerprint density at radius 3 is 2.70 bits per heavy atom. The minimum absolute atomic E-state index is 0. The highest BCUT2D eigenvalue weighted by molar-refractivity contribution is 6.02. The first-order valence-corrected chi connectivity index (χ1v) is 11.7. The Bertz CT molecular complexity index is 1230. The van der Waals surface area contributed by atoms with Gasteiger partial charge in [0.1, 0.15) is 5.75 Å². The van der Waals surface area contributed by atoms with Crippen LogP contribution >= 0.6 is 0 Å². The number of rotatable bonds is 6. The second-order valence-electron chi connectivity index (χ2n) is 10.5. The maximum Gasteiger partial charge on any atom is 0.235 e. The zero-order chi connectivity index (χ0) is 23.4. The number of nitrogens with zero attached hydrogens (tertiary/aromatic N) is 1. The average Bonchev–Trinajstić information content (AvgIpc) is 3.32. The maximum atomic E-state index is 13.3. The normalized spacial score (nSPS) is 17.5. The first kappa shape index (κ1) is 22.0. The van der Waals surface area contributed by atoms with E-state index in [0.29, 0.717) is 13.2 Å². The van der Waals surface area contributed by atoms with Gasteiger partial charge in [0.15, 0.2) is 0 Å². The second-order valence-corrected chi connectivity index (χ2v) is 10.5. The monoisotopic (exact) mass is 452 g/mol. The summed E-state index contributed by atoms with van der Waals surface area (Å²) in [5.41, 5.74) is 4.49. The van der Waals surface area contributed by atoms with Crippen molar-refractivity contribution in [2.24, 2.45) is 0 Å². The molecule has 1 aliphatic carbocycles. The Morgan fingerprint density at radius 1 is 1.21 bits per heavy atom. The van der Waals surface area contributed by atoms with Crippen molar-refractivity contribution in [2.75, 3.05) is 18.5 Å². The minimum Gasteiger partial charge on any atom is -0.493 e. The van der Waals surface area contributed by atoms with Crippen LogP contribution in [0.1, 0.15) is 53.3 Å². The molecule has 3 aromatic rings. The first-order valence-electron chi connectivity index (χ1n) is 11.7. The zero-order valence-corrected chi connectivity index (χ0v) is 19.5. The lowest BCUT2D eigenvalue weighted by atomic mass is 9.92. The number of benzene rings is 2. The summed E-state index contributed by atoms with van der Waals surface area (Å²) >= 11 is 0. The molecule has 0 saturated heterocycles. The van der Waals surface area contributed by atoms with Crippen LogP contribution in [0.25, 0.3) is 10.9 Å². The summed E-state index contributed by atoms with van der Waals surface area (Å²) in [4.78, 5) is 13.3. The fraction of sp³-hybridized carbons (Fsp3) is 0.444. The Morgan fingerprint density at radius 2 is 2.00 bits per heavy atom. The van der Waals surface area contributed by atoms with Gasteiger partial charge in [-0.05, 0) is 54.3 Å². The molecule has 0 spiro atoms. The molecule has 1 aliphatic heterocycles. The Kier molecular flexibility index (Phi) is 5.26. The van der Waals surface area contributed by atoms with Gasteiger partial charge in [0.2, 0.25) is 5.91 Å². The van der Waals surface area contributed by atoms with E-state index < -0.39 is 11.5 Å². The van der Waals surface area contributed by atoms with Crippen molar-refractivity contribution in [3.05, 3.63) is 59.3 Å². The van der Waals surface area contributed by atoms with E-state index in [0.717, 1.165) is 52.9 Å². The molecule has 1 saturated carbocycles. The number of hydrogen-bond donors (Lipinski definition) is 3. The number of hydrogen-bond acceptors (Lipinski definition) is 4. The van der Waals surface area contributed by atoms with E-state index in [2.05, 4.69) is 42.8 Å². The molecule has 3 N–H and O–H groups in total. The highest BCUT2D eigenvalue weighted by Crippen LogP contribution is 2.50. The van der Waals surface area contributed by atoms with Gasteiger partial charge >= 0.3 is 0 Å². The van der Waals surface area contributed by atoms with Gasteiger partial charge in [-0.3, -0.25) is 4.79 Å². The number of ether oxygens (including phenoxy) is 1. The smallest absolute Gasteiger partial charge is 0.235 e. The molecule has 0 radical (unpaired) electrons. The lowest BCUT2D eigenvalue weighted by Crippen LogP contribution is -2.27. The molecule has 0 bridgehead atoms. The standard InChI is InChI=1S/C27H32N2O4.2H2/c1-26(2,3)24-14-18-13-20(5-6-22(18)29(24)15-21(31)16-30)28-25(32)27(9-10-27)19-4-7-23-17(12-19)8-11-33-23;;/h4-7,12-14,21,30-31H,8-11,15-16H2,1-3H3,(H,28,32);2*1H/t21-;;/m1../s1. The summed E-state index contributed by atoms with van der Waals surface area (Å²) < 4.78 is 7.68. The largest absolute Gasteiger partial charge is 0.493 e. The van der Waals surface area contributed by atoms with Gasteiger partial charge in [0.25, 0.3) is 0 Å². The molecule has 0 unspecified atom stereocenters. The fourth-order valence-corrected chi connectivity index (χ4v) is 4.94. The van der Waals surface area contributed by atoms with Gasteiger partial charge in [-0.25, -0.2) is 0 Å². The minimum atomic E-state index is -0.825. The second kappa shape index (κ2) is 7.89. The average molecular weight is 453 g/mol. The molecule has 2 aromatic carbocycles. The topological polar surface area (TPSA) is 83.7 Å². The van der Waals surface area contributed by atoms with E-state index in [1.165, 1.54) is 5.56 Å². The third-order valence-corrected chi connectivity index (χ3v) is 6.96. The van der Waals surface area contributed by atoms with Crippen molar-refractivity contribution in [3.63, 3.8) is 0 Å². The number of carbonyl (C=O) groups excluding carboxylic acids is 1. The number of nitrogens with one attached hydrogen (secondary N) is 1. The van der Waals surface area contributed by atoms with E-state index in [1.54, 1.807) is 0 Å². The predicted molar refractivity (Wildman–Crippen MR) is 133 cm³/mol. The summed E-state index contributed by atoms with van der Waals surface area (Å²) in [7, 11) is 0. The van der Waals surface area contributed by atoms with Gasteiger partial charge < -0.3 is 24.8 Å². The van der Waals surface area contributed by atoms with Gasteiger partial charge in [-0.15, -0.1) is 0 Å². The Balaban J connectivity index is 0.00000171. The molecule has 2 aliphatic rings. The molecule has 6 heteroatoms. The van der Waals surface area contributed by atoms with Crippen LogP contribution in [-0.4, -0.2) is 40.0 Å². The quantitative estimate of drug-likeness (QED) is 0.518. The van der Waals surface area contributed by atoms with Gasteiger partial charge in [-0.2, -0.15) is 0 Å². The van der Waals surface area contributed by atoms with Crippen LogP contribution in [0.4, 0.5) is 5.69 Å². The number of aliphatic hydroxyl groups excluding tert-OH is 2. The number of anilines is 1. The molecule has 5 rings (SSSR count). The lowest BCUT2D eigenvalue weighted by molar-refractivity contribution is -0.118. The van der Waals surface area contributed by atoms with Crippen LogP contribution < -0.4 is 10.1 Å². The Hall–Kier alpha value is -2.83. The zero-order valence-electron chi connectivity index (χ0n) is 19.5. The van der Waals surface area contributed by atoms with Crippen LogP contribution in [0.3, 0.4) is 0 Å². The third kappa shape index (κ3) is 3.91. The molecule has 1 fully saturated rings. The molecule has 178 valence electrons. The van der Waals surface area contributed by atoms with Crippen molar-refractivity contribution < 1.29 is 22.6 Å². The highest BCUT2D eigenvalue weighted by Gasteiger charge is 2.51. The van der Waals surface area contributed by atoms with E-state index >= 15 is 0 Å². The summed E-state index contributed by atoms with van der Waals surface area (Å²) in [5, 5.41) is 23.6. The summed E-state index contributed by atoms with van der Waals surface area (Å²) in [6.45, 7) is 7.14. The SMILES string of the molecule is CC(C)(C)c1cc2cc(NC(=O)C3(c4ccc5c(c4)CCO5)CC3)ccc2n1C[C@@H](O)CO.[HH].[HH].